The number of nitrogens with one attached hydrogen (secondary N) is 2. The Morgan fingerprint density at radius 3 is 2.46 bits per heavy atom. The van der Waals surface area contributed by atoms with Gasteiger partial charge in [0, 0.05) is 6.54 Å². The second kappa shape index (κ2) is 8.29. The fourth-order valence-corrected chi connectivity index (χ4v) is 2.73. The van der Waals surface area contributed by atoms with Crippen LogP contribution in [0.1, 0.15) is 36.5 Å². The van der Waals surface area contributed by atoms with Gasteiger partial charge in [-0.3, -0.25) is 14.4 Å². The van der Waals surface area contributed by atoms with Crippen LogP contribution in [-0.4, -0.2) is 29.4 Å². The number of aliphatic carboxylic acids is 1. The number of allylic oxidation sites excluding steroid dienone is 2. The highest BCUT2D eigenvalue weighted by Gasteiger charge is 2.34. The molecule has 2 atom stereocenters. The maximum absolute atomic E-state index is 12.5. The Labute approximate surface area is 140 Å². The molecule has 3 N–H and O–H groups in total. The fourth-order valence-electron chi connectivity index (χ4n) is 2.73. The van der Waals surface area contributed by atoms with Crippen LogP contribution in [0.4, 0.5) is 5.69 Å². The lowest BCUT2D eigenvalue weighted by atomic mass is 9.82. The number of carboxylic acids is 1. The number of amides is 2. The van der Waals surface area contributed by atoms with E-state index in [9.17, 15) is 19.5 Å². The summed E-state index contributed by atoms with van der Waals surface area (Å²) in [7, 11) is 0. The Morgan fingerprint density at radius 1 is 1.12 bits per heavy atom. The number of hydrogen-bond donors (Lipinski definition) is 3. The summed E-state index contributed by atoms with van der Waals surface area (Å²) in [4.78, 5) is 36.1. The van der Waals surface area contributed by atoms with Crippen LogP contribution in [0.3, 0.4) is 0 Å². The van der Waals surface area contributed by atoms with Crippen LogP contribution in [0, 0.1) is 11.8 Å². The molecule has 1 aliphatic carbocycles. The van der Waals surface area contributed by atoms with E-state index in [1.165, 1.54) is 0 Å². The van der Waals surface area contributed by atoms with Crippen molar-refractivity contribution in [2.45, 2.75) is 26.2 Å². The number of carboxylic acid groups (broad SMARTS) is 1. The minimum atomic E-state index is -0.978. The first kappa shape index (κ1) is 17.7. The highest BCUT2D eigenvalue weighted by molar-refractivity contribution is 6.04. The number of anilines is 1. The summed E-state index contributed by atoms with van der Waals surface area (Å²) in [6.07, 6.45) is 5.15. The molecule has 24 heavy (non-hydrogen) atoms. The van der Waals surface area contributed by atoms with Crippen LogP contribution in [-0.2, 0) is 9.59 Å². The number of benzene rings is 1. The molecular weight excluding hydrogens is 308 g/mol. The van der Waals surface area contributed by atoms with E-state index in [4.69, 9.17) is 0 Å². The predicted molar refractivity (Wildman–Crippen MR) is 90.7 cm³/mol. The summed E-state index contributed by atoms with van der Waals surface area (Å²) < 4.78 is 0. The number of rotatable bonds is 6. The van der Waals surface area contributed by atoms with Crippen molar-refractivity contribution in [2.24, 2.45) is 11.8 Å². The summed E-state index contributed by atoms with van der Waals surface area (Å²) in [6.45, 7) is 2.51. The lowest BCUT2D eigenvalue weighted by Crippen LogP contribution is -2.35. The quantitative estimate of drug-likeness (QED) is 0.698. The molecule has 0 saturated heterocycles. The van der Waals surface area contributed by atoms with Crippen LogP contribution >= 0.6 is 0 Å². The largest absolute Gasteiger partial charge is 0.481 e. The van der Waals surface area contributed by atoms with Gasteiger partial charge in [-0.15, -0.1) is 0 Å². The van der Waals surface area contributed by atoms with E-state index in [-0.39, 0.29) is 11.8 Å². The van der Waals surface area contributed by atoms with Crippen molar-refractivity contribution in [2.75, 3.05) is 11.9 Å². The van der Waals surface area contributed by atoms with Gasteiger partial charge in [0.2, 0.25) is 5.91 Å². The van der Waals surface area contributed by atoms with E-state index < -0.39 is 17.8 Å². The van der Waals surface area contributed by atoms with Gasteiger partial charge in [0.1, 0.15) is 0 Å². The highest BCUT2D eigenvalue weighted by atomic mass is 16.4. The van der Waals surface area contributed by atoms with E-state index in [0.717, 1.165) is 6.42 Å². The maximum Gasteiger partial charge on any atom is 0.307 e. The highest BCUT2D eigenvalue weighted by Crippen LogP contribution is 2.27. The van der Waals surface area contributed by atoms with Gasteiger partial charge in [-0.25, -0.2) is 0 Å². The van der Waals surface area contributed by atoms with Crippen LogP contribution in [0.25, 0.3) is 0 Å². The molecule has 2 unspecified atom stereocenters. The normalized spacial score (nSPS) is 19.5. The van der Waals surface area contributed by atoms with E-state index in [1.54, 1.807) is 30.3 Å². The first-order valence-electron chi connectivity index (χ1n) is 8.10. The topological polar surface area (TPSA) is 95.5 Å². The van der Waals surface area contributed by atoms with Crippen molar-refractivity contribution >= 4 is 23.5 Å². The Bertz CT molecular complexity index is 654. The average molecular weight is 330 g/mol. The Morgan fingerprint density at radius 2 is 1.79 bits per heavy atom. The van der Waals surface area contributed by atoms with E-state index in [0.29, 0.717) is 30.6 Å². The van der Waals surface area contributed by atoms with Crippen molar-refractivity contribution in [3.63, 3.8) is 0 Å². The molecule has 0 aliphatic heterocycles. The predicted octanol–water partition coefficient (Wildman–Crippen LogP) is 2.43. The van der Waals surface area contributed by atoms with E-state index >= 15 is 0 Å². The van der Waals surface area contributed by atoms with Crippen LogP contribution in [0.2, 0.25) is 0 Å². The van der Waals surface area contributed by atoms with Crippen LogP contribution in [0.15, 0.2) is 36.4 Å². The van der Waals surface area contributed by atoms with Crippen molar-refractivity contribution in [1.29, 1.82) is 0 Å². The molecule has 6 heteroatoms. The van der Waals surface area contributed by atoms with Gasteiger partial charge in [-0.05, 0) is 31.4 Å². The molecule has 0 spiro atoms. The molecule has 0 bridgehead atoms. The standard InChI is InChI=1S/C18H22N2O4/c1-2-11-19-16(21)14-9-5-6-10-15(14)20-17(22)12-7-3-4-8-13(12)18(23)24/h3-6,9-10,12-13H,2,7-8,11H2,1H3,(H,19,21)(H,20,22)(H,23,24). The molecule has 1 aromatic rings. The lowest BCUT2D eigenvalue weighted by Gasteiger charge is -2.24. The molecular formula is C18H22N2O4. The lowest BCUT2D eigenvalue weighted by molar-refractivity contribution is -0.146. The van der Waals surface area contributed by atoms with Crippen molar-refractivity contribution in [1.82, 2.24) is 5.32 Å². The second-order valence-electron chi connectivity index (χ2n) is 5.78. The summed E-state index contributed by atoms with van der Waals surface area (Å²) in [5, 5.41) is 14.8. The molecule has 0 heterocycles. The molecule has 128 valence electrons. The summed E-state index contributed by atoms with van der Waals surface area (Å²) in [5.74, 6) is -2.99. The smallest absolute Gasteiger partial charge is 0.307 e. The molecule has 2 amide bonds. The van der Waals surface area contributed by atoms with Gasteiger partial charge in [-0.1, -0.05) is 31.2 Å². The molecule has 0 radical (unpaired) electrons. The summed E-state index contributed by atoms with van der Waals surface area (Å²) >= 11 is 0. The third kappa shape index (κ3) is 4.22. The monoisotopic (exact) mass is 330 g/mol. The zero-order chi connectivity index (χ0) is 17.5. The SMILES string of the molecule is CCCNC(=O)c1ccccc1NC(=O)C1CC=CCC1C(=O)O. The Hall–Kier alpha value is -2.63. The second-order valence-corrected chi connectivity index (χ2v) is 5.78. The molecule has 6 nitrogen and oxygen atoms in total. The molecule has 0 saturated carbocycles. The van der Waals surface area contributed by atoms with Crippen molar-refractivity contribution in [3.05, 3.63) is 42.0 Å². The van der Waals surface area contributed by atoms with E-state index in [1.807, 2.05) is 13.0 Å². The number of carbonyl (C=O) groups is 3. The maximum atomic E-state index is 12.5. The van der Waals surface area contributed by atoms with Gasteiger partial charge in [0.15, 0.2) is 0 Å². The Kier molecular flexibility index (Phi) is 6.12. The fraction of sp³-hybridized carbons (Fsp3) is 0.389. The van der Waals surface area contributed by atoms with Gasteiger partial charge in [0.05, 0.1) is 23.1 Å². The van der Waals surface area contributed by atoms with Crippen LogP contribution < -0.4 is 10.6 Å². The van der Waals surface area contributed by atoms with Crippen LogP contribution in [0.5, 0.6) is 0 Å². The summed E-state index contributed by atoms with van der Waals surface area (Å²) in [6, 6.07) is 6.73. The Balaban J connectivity index is 2.15. The summed E-state index contributed by atoms with van der Waals surface area (Å²) in [5.41, 5.74) is 0.771. The third-order valence-electron chi connectivity index (χ3n) is 4.05. The molecule has 1 aromatic carbocycles. The van der Waals surface area contributed by atoms with Gasteiger partial charge >= 0.3 is 5.97 Å². The molecule has 0 aromatic heterocycles. The van der Waals surface area contributed by atoms with Gasteiger partial charge in [-0.2, -0.15) is 0 Å². The minimum Gasteiger partial charge on any atom is -0.481 e. The minimum absolute atomic E-state index is 0.258. The van der Waals surface area contributed by atoms with E-state index in [2.05, 4.69) is 10.6 Å². The molecule has 0 fully saturated rings. The zero-order valence-corrected chi connectivity index (χ0v) is 13.6. The molecule has 2 rings (SSSR count). The van der Waals surface area contributed by atoms with Crippen molar-refractivity contribution in [3.8, 4) is 0 Å². The van der Waals surface area contributed by atoms with Gasteiger partial charge < -0.3 is 15.7 Å². The number of para-hydroxylation sites is 1. The zero-order valence-electron chi connectivity index (χ0n) is 13.6. The van der Waals surface area contributed by atoms with Crippen molar-refractivity contribution < 1.29 is 19.5 Å². The number of carbonyl (C=O) groups excluding carboxylic acids is 2. The first-order chi connectivity index (χ1) is 11.5. The molecule has 1 aliphatic rings. The first-order valence-corrected chi connectivity index (χ1v) is 8.10. The third-order valence-corrected chi connectivity index (χ3v) is 4.05. The number of hydrogen-bond acceptors (Lipinski definition) is 3. The average Bonchev–Trinajstić information content (AvgIpc) is 2.60. The van der Waals surface area contributed by atoms with Gasteiger partial charge in [0.25, 0.3) is 5.91 Å².